The van der Waals surface area contributed by atoms with Crippen LogP contribution in [0, 0.1) is 0 Å². The van der Waals surface area contributed by atoms with Gasteiger partial charge in [-0.1, -0.05) is 24.3 Å². The standard InChI is InChI=1S/C13H14ClN3/c14-8-11-3-1-4-12(7-11)9-15-10-13-16-5-2-6-17-13/h1-7,15H,8-10H2. The molecule has 0 saturated carbocycles. The summed E-state index contributed by atoms with van der Waals surface area (Å²) in [6.07, 6.45) is 3.50. The van der Waals surface area contributed by atoms with Crippen molar-refractivity contribution in [3.05, 3.63) is 59.7 Å². The summed E-state index contributed by atoms with van der Waals surface area (Å²) < 4.78 is 0. The van der Waals surface area contributed by atoms with Crippen LogP contribution in [-0.4, -0.2) is 9.97 Å². The fourth-order valence-corrected chi connectivity index (χ4v) is 1.73. The molecule has 0 fully saturated rings. The predicted octanol–water partition coefficient (Wildman–Crippen LogP) is 2.51. The Bertz CT molecular complexity index is 459. The molecule has 0 unspecified atom stereocenters. The van der Waals surface area contributed by atoms with E-state index < -0.39 is 0 Å². The van der Waals surface area contributed by atoms with Crippen molar-refractivity contribution in [2.24, 2.45) is 0 Å². The van der Waals surface area contributed by atoms with E-state index in [-0.39, 0.29) is 0 Å². The lowest BCUT2D eigenvalue weighted by molar-refractivity contribution is 0.662. The van der Waals surface area contributed by atoms with E-state index in [4.69, 9.17) is 11.6 Å². The monoisotopic (exact) mass is 247 g/mol. The highest BCUT2D eigenvalue weighted by Crippen LogP contribution is 2.07. The Balaban J connectivity index is 1.86. The molecule has 2 rings (SSSR count). The van der Waals surface area contributed by atoms with Crippen molar-refractivity contribution in [1.82, 2.24) is 15.3 Å². The van der Waals surface area contributed by atoms with Crippen molar-refractivity contribution in [2.45, 2.75) is 19.0 Å². The number of halogens is 1. The fraction of sp³-hybridized carbons (Fsp3) is 0.231. The molecule has 0 radical (unpaired) electrons. The average Bonchev–Trinajstić information content (AvgIpc) is 2.40. The molecule has 3 nitrogen and oxygen atoms in total. The second kappa shape index (κ2) is 6.33. The van der Waals surface area contributed by atoms with Gasteiger partial charge in [0.1, 0.15) is 5.82 Å². The highest BCUT2D eigenvalue weighted by atomic mass is 35.5. The van der Waals surface area contributed by atoms with Gasteiger partial charge in [-0.3, -0.25) is 0 Å². The minimum absolute atomic E-state index is 0.551. The first-order chi connectivity index (χ1) is 8.38. The average molecular weight is 248 g/mol. The zero-order chi connectivity index (χ0) is 11.9. The summed E-state index contributed by atoms with van der Waals surface area (Å²) in [5.74, 6) is 1.36. The third-order valence-electron chi connectivity index (χ3n) is 2.38. The maximum Gasteiger partial charge on any atom is 0.141 e. The first-order valence-corrected chi connectivity index (χ1v) is 6.02. The van der Waals surface area contributed by atoms with Crippen LogP contribution in [0.3, 0.4) is 0 Å². The van der Waals surface area contributed by atoms with Gasteiger partial charge in [0.15, 0.2) is 0 Å². The Morgan fingerprint density at radius 2 is 1.76 bits per heavy atom. The van der Waals surface area contributed by atoms with E-state index in [0.717, 1.165) is 17.9 Å². The molecule has 0 aliphatic rings. The molecule has 0 bridgehead atoms. The summed E-state index contributed by atoms with van der Waals surface area (Å²) in [6, 6.07) is 10.0. The van der Waals surface area contributed by atoms with Crippen LogP contribution >= 0.6 is 11.6 Å². The van der Waals surface area contributed by atoms with Crippen molar-refractivity contribution in [3.8, 4) is 0 Å². The quantitative estimate of drug-likeness (QED) is 0.825. The van der Waals surface area contributed by atoms with Crippen molar-refractivity contribution in [1.29, 1.82) is 0 Å². The van der Waals surface area contributed by atoms with Gasteiger partial charge in [-0.2, -0.15) is 0 Å². The van der Waals surface area contributed by atoms with Gasteiger partial charge in [0.25, 0.3) is 0 Å². The Morgan fingerprint density at radius 3 is 2.53 bits per heavy atom. The van der Waals surface area contributed by atoms with Crippen molar-refractivity contribution in [2.75, 3.05) is 0 Å². The molecule has 0 aliphatic carbocycles. The molecule has 0 amide bonds. The van der Waals surface area contributed by atoms with Crippen LogP contribution < -0.4 is 5.32 Å². The zero-order valence-corrected chi connectivity index (χ0v) is 10.2. The van der Waals surface area contributed by atoms with E-state index in [1.165, 1.54) is 5.56 Å². The van der Waals surface area contributed by atoms with Crippen LogP contribution in [-0.2, 0) is 19.0 Å². The molecule has 0 saturated heterocycles. The first-order valence-electron chi connectivity index (χ1n) is 5.49. The van der Waals surface area contributed by atoms with Crippen molar-refractivity contribution >= 4 is 11.6 Å². The van der Waals surface area contributed by atoms with E-state index >= 15 is 0 Å². The lowest BCUT2D eigenvalue weighted by Crippen LogP contribution is -2.14. The Kier molecular flexibility index (Phi) is 4.47. The second-order valence-electron chi connectivity index (χ2n) is 3.72. The lowest BCUT2D eigenvalue weighted by Gasteiger charge is -2.05. The summed E-state index contributed by atoms with van der Waals surface area (Å²) in [7, 11) is 0. The van der Waals surface area contributed by atoms with Gasteiger partial charge < -0.3 is 5.32 Å². The molecule has 1 heterocycles. The third-order valence-corrected chi connectivity index (χ3v) is 2.69. The molecule has 2 aromatic rings. The van der Waals surface area contributed by atoms with Gasteiger partial charge >= 0.3 is 0 Å². The maximum absolute atomic E-state index is 5.79. The molecule has 0 spiro atoms. The summed E-state index contributed by atoms with van der Waals surface area (Å²) in [5, 5.41) is 3.30. The van der Waals surface area contributed by atoms with E-state index in [9.17, 15) is 0 Å². The Morgan fingerprint density at radius 1 is 1.00 bits per heavy atom. The molecule has 0 atom stereocenters. The zero-order valence-electron chi connectivity index (χ0n) is 9.44. The second-order valence-corrected chi connectivity index (χ2v) is 3.99. The summed E-state index contributed by atoms with van der Waals surface area (Å²) in [5.41, 5.74) is 2.36. The highest BCUT2D eigenvalue weighted by molar-refractivity contribution is 6.17. The maximum atomic E-state index is 5.79. The molecule has 1 aromatic carbocycles. The van der Waals surface area contributed by atoms with Crippen LogP contribution in [0.5, 0.6) is 0 Å². The molecule has 1 N–H and O–H groups in total. The van der Waals surface area contributed by atoms with E-state index in [2.05, 4.69) is 27.4 Å². The SMILES string of the molecule is ClCc1cccc(CNCc2ncccn2)c1. The van der Waals surface area contributed by atoms with E-state index in [1.807, 2.05) is 18.2 Å². The number of nitrogens with one attached hydrogen (secondary N) is 1. The number of nitrogens with zero attached hydrogens (tertiary/aromatic N) is 2. The topological polar surface area (TPSA) is 37.8 Å². The molecule has 0 aliphatic heterocycles. The number of alkyl halides is 1. The van der Waals surface area contributed by atoms with E-state index in [0.29, 0.717) is 12.4 Å². The Hall–Kier alpha value is -1.45. The normalized spacial score (nSPS) is 10.4. The van der Waals surface area contributed by atoms with Gasteiger partial charge in [0, 0.05) is 24.8 Å². The van der Waals surface area contributed by atoms with E-state index in [1.54, 1.807) is 12.4 Å². The summed E-state index contributed by atoms with van der Waals surface area (Å²) >= 11 is 5.79. The number of hydrogen-bond donors (Lipinski definition) is 1. The Labute approximate surface area is 106 Å². The molecular formula is C13H14ClN3. The summed E-state index contributed by atoms with van der Waals surface area (Å²) in [6.45, 7) is 1.47. The highest BCUT2D eigenvalue weighted by Gasteiger charge is 1.97. The molecule has 1 aromatic heterocycles. The number of aromatic nitrogens is 2. The largest absolute Gasteiger partial charge is 0.306 e. The third kappa shape index (κ3) is 3.80. The minimum atomic E-state index is 0.551. The smallest absolute Gasteiger partial charge is 0.141 e. The molecule has 17 heavy (non-hydrogen) atoms. The van der Waals surface area contributed by atoms with Crippen LogP contribution in [0.1, 0.15) is 17.0 Å². The number of benzene rings is 1. The summed E-state index contributed by atoms with van der Waals surface area (Å²) in [4.78, 5) is 8.30. The molecular weight excluding hydrogens is 234 g/mol. The number of rotatable bonds is 5. The lowest BCUT2D eigenvalue weighted by atomic mass is 10.1. The molecule has 4 heteroatoms. The van der Waals surface area contributed by atoms with Gasteiger partial charge in [0.2, 0.25) is 0 Å². The fourth-order valence-electron chi connectivity index (χ4n) is 1.56. The molecule has 88 valence electrons. The van der Waals surface area contributed by atoms with Gasteiger partial charge in [0.05, 0.1) is 6.54 Å². The minimum Gasteiger partial charge on any atom is -0.306 e. The van der Waals surface area contributed by atoms with Gasteiger partial charge in [-0.05, 0) is 17.2 Å². The van der Waals surface area contributed by atoms with Crippen molar-refractivity contribution in [3.63, 3.8) is 0 Å². The van der Waals surface area contributed by atoms with Crippen molar-refractivity contribution < 1.29 is 0 Å². The van der Waals surface area contributed by atoms with Crippen LogP contribution in [0.4, 0.5) is 0 Å². The first kappa shape index (κ1) is 12.0. The van der Waals surface area contributed by atoms with Crippen LogP contribution in [0.2, 0.25) is 0 Å². The number of hydrogen-bond acceptors (Lipinski definition) is 3. The van der Waals surface area contributed by atoms with Gasteiger partial charge in [-0.15, -0.1) is 11.6 Å². The van der Waals surface area contributed by atoms with Crippen LogP contribution in [0.25, 0.3) is 0 Å². The predicted molar refractivity (Wildman–Crippen MR) is 68.6 cm³/mol. The van der Waals surface area contributed by atoms with Gasteiger partial charge in [-0.25, -0.2) is 9.97 Å². The van der Waals surface area contributed by atoms with Crippen LogP contribution in [0.15, 0.2) is 42.7 Å².